The predicted molar refractivity (Wildman–Crippen MR) is 75.8 cm³/mol. The van der Waals surface area contributed by atoms with Gasteiger partial charge in [-0.15, -0.1) is 0 Å². The van der Waals surface area contributed by atoms with Crippen LogP contribution in [0, 0.1) is 0 Å². The van der Waals surface area contributed by atoms with Crippen LogP contribution in [0.5, 0.6) is 0 Å². The van der Waals surface area contributed by atoms with Crippen LogP contribution < -0.4 is 5.32 Å². The number of halogens is 1. The lowest BCUT2D eigenvalue weighted by molar-refractivity contribution is 0.0692. The molecule has 0 spiro atoms. The van der Waals surface area contributed by atoms with Gasteiger partial charge in [-0.05, 0) is 54.9 Å². The van der Waals surface area contributed by atoms with E-state index < -0.39 is 0 Å². The van der Waals surface area contributed by atoms with Gasteiger partial charge in [0.25, 0.3) is 5.91 Å². The minimum atomic E-state index is 0.120. The second-order valence-electron chi connectivity index (χ2n) is 4.73. The number of carbonyl (C=O) groups is 1. The Morgan fingerprint density at radius 1 is 1.56 bits per heavy atom. The Kier molecular flexibility index (Phi) is 4.45. The molecule has 2 rings (SSSR count). The summed E-state index contributed by atoms with van der Waals surface area (Å²) in [4.78, 5) is 14.4. The molecule has 1 aromatic heterocycles. The molecule has 5 heteroatoms. The van der Waals surface area contributed by atoms with Crippen molar-refractivity contribution in [3.8, 4) is 0 Å². The number of aryl methyl sites for hydroxylation is 1. The van der Waals surface area contributed by atoms with E-state index >= 15 is 0 Å². The molecular formula is C13H20BrN3O. The van der Waals surface area contributed by atoms with Crippen molar-refractivity contribution in [1.29, 1.82) is 0 Å². The SMILES string of the molecule is CCn1cc(Br)cc1C(=O)N(C)C1CCNCC1. The van der Waals surface area contributed by atoms with Crippen molar-refractivity contribution in [3.63, 3.8) is 0 Å². The average Bonchev–Trinajstić information content (AvgIpc) is 2.79. The van der Waals surface area contributed by atoms with Gasteiger partial charge in [0.15, 0.2) is 0 Å². The third-order valence-electron chi connectivity index (χ3n) is 3.60. The number of piperidine rings is 1. The van der Waals surface area contributed by atoms with Gasteiger partial charge in [0.05, 0.1) is 0 Å². The van der Waals surface area contributed by atoms with E-state index in [1.165, 1.54) is 0 Å². The van der Waals surface area contributed by atoms with Gasteiger partial charge >= 0.3 is 0 Å². The van der Waals surface area contributed by atoms with Gasteiger partial charge < -0.3 is 14.8 Å². The van der Waals surface area contributed by atoms with Crippen LogP contribution >= 0.6 is 15.9 Å². The standard InChI is InChI=1S/C13H20BrN3O/c1-3-17-9-10(14)8-12(17)13(18)16(2)11-4-6-15-7-5-11/h8-9,11,15H,3-7H2,1-2H3. The van der Waals surface area contributed by atoms with E-state index in [4.69, 9.17) is 0 Å². The molecule has 1 aliphatic rings. The number of aromatic nitrogens is 1. The number of nitrogens with zero attached hydrogens (tertiary/aromatic N) is 2. The molecule has 4 nitrogen and oxygen atoms in total. The van der Waals surface area contributed by atoms with Crippen LogP contribution in [0.2, 0.25) is 0 Å². The molecule has 100 valence electrons. The molecule has 1 amide bonds. The van der Waals surface area contributed by atoms with Crippen molar-refractivity contribution in [1.82, 2.24) is 14.8 Å². The van der Waals surface area contributed by atoms with E-state index in [9.17, 15) is 4.79 Å². The zero-order valence-electron chi connectivity index (χ0n) is 10.9. The molecule has 0 atom stereocenters. The Morgan fingerprint density at radius 3 is 2.83 bits per heavy atom. The molecule has 1 saturated heterocycles. The molecule has 0 aliphatic carbocycles. The van der Waals surface area contributed by atoms with Gasteiger partial charge in [0, 0.05) is 30.3 Å². The Hall–Kier alpha value is -0.810. The fourth-order valence-corrected chi connectivity index (χ4v) is 2.92. The Morgan fingerprint density at radius 2 is 2.22 bits per heavy atom. The molecule has 1 aromatic rings. The fourth-order valence-electron chi connectivity index (χ4n) is 2.46. The lowest BCUT2D eigenvalue weighted by Crippen LogP contribution is -2.44. The van der Waals surface area contributed by atoms with Crippen molar-refractivity contribution in [3.05, 3.63) is 22.4 Å². The summed E-state index contributed by atoms with van der Waals surface area (Å²) in [6.45, 7) is 4.86. The molecule has 2 heterocycles. The van der Waals surface area contributed by atoms with Crippen molar-refractivity contribution in [2.75, 3.05) is 20.1 Å². The van der Waals surface area contributed by atoms with Crippen molar-refractivity contribution < 1.29 is 4.79 Å². The normalized spacial score (nSPS) is 16.8. The number of hydrogen-bond donors (Lipinski definition) is 1. The molecule has 0 aromatic carbocycles. The van der Waals surface area contributed by atoms with Crippen LogP contribution in [0.3, 0.4) is 0 Å². The van der Waals surface area contributed by atoms with E-state index in [2.05, 4.69) is 21.2 Å². The molecule has 1 N–H and O–H groups in total. The fraction of sp³-hybridized carbons (Fsp3) is 0.615. The van der Waals surface area contributed by atoms with Crippen LogP contribution in [0.15, 0.2) is 16.7 Å². The number of amides is 1. The summed E-state index contributed by atoms with van der Waals surface area (Å²) in [5.74, 6) is 0.120. The van der Waals surface area contributed by atoms with Gasteiger partial charge in [0.2, 0.25) is 0 Å². The van der Waals surface area contributed by atoms with Gasteiger partial charge in [-0.2, -0.15) is 0 Å². The maximum atomic E-state index is 12.5. The Balaban J connectivity index is 2.13. The second-order valence-corrected chi connectivity index (χ2v) is 5.64. The van der Waals surface area contributed by atoms with Crippen LogP contribution in [0.25, 0.3) is 0 Å². The average molecular weight is 314 g/mol. The molecule has 1 fully saturated rings. The molecular weight excluding hydrogens is 294 g/mol. The molecule has 0 unspecified atom stereocenters. The van der Waals surface area contributed by atoms with E-state index in [0.29, 0.717) is 6.04 Å². The topological polar surface area (TPSA) is 37.3 Å². The summed E-state index contributed by atoms with van der Waals surface area (Å²) in [5, 5.41) is 3.32. The quantitative estimate of drug-likeness (QED) is 0.928. The summed E-state index contributed by atoms with van der Waals surface area (Å²) >= 11 is 3.44. The molecule has 0 saturated carbocycles. The summed E-state index contributed by atoms with van der Waals surface area (Å²) in [6, 6.07) is 2.27. The highest BCUT2D eigenvalue weighted by Crippen LogP contribution is 2.19. The van der Waals surface area contributed by atoms with E-state index in [1.54, 1.807) is 0 Å². The first kappa shape index (κ1) is 13.6. The summed E-state index contributed by atoms with van der Waals surface area (Å²) in [7, 11) is 1.92. The van der Waals surface area contributed by atoms with E-state index in [0.717, 1.165) is 42.6 Å². The molecule has 0 radical (unpaired) electrons. The Labute approximate surface area is 116 Å². The highest BCUT2D eigenvalue weighted by atomic mass is 79.9. The monoisotopic (exact) mass is 313 g/mol. The van der Waals surface area contributed by atoms with Crippen LogP contribution in [-0.2, 0) is 6.54 Å². The van der Waals surface area contributed by atoms with Gasteiger partial charge in [-0.25, -0.2) is 0 Å². The highest BCUT2D eigenvalue weighted by Gasteiger charge is 2.24. The van der Waals surface area contributed by atoms with Gasteiger partial charge in [0.1, 0.15) is 5.69 Å². The first-order valence-corrected chi connectivity index (χ1v) is 7.26. The maximum absolute atomic E-state index is 12.5. The molecule has 1 aliphatic heterocycles. The number of rotatable bonds is 3. The first-order chi connectivity index (χ1) is 8.63. The summed E-state index contributed by atoms with van der Waals surface area (Å²) < 4.78 is 2.95. The number of carbonyl (C=O) groups excluding carboxylic acids is 1. The number of nitrogens with one attached hydrogen (secondary N) is 1. The lowest BCUT2D eigenvalue weighted by atomic mass is 10.1. The van der Waals surface area contributed by atoms with E-state index in [-0.39, 0.29) is 5.91 Å². The minimum absolute atomic E-state index is 0.120. The van der Waals surface area contributed by atoms with Crippen LogP contribution in [0.1, 0.15) is 30.3 Å². The maximum Gasteiger partial charge on any atom is 0.270 e. The zero-order valence-corrected chi connectivity index (χ0v) is 12.5. The Bertz CT molecular complexity index is 424. The molecule has 0 bridgehead atoms. The highest BCUT2D eigenvalue weighted by molar-refractivity contribution is 9.10. The predicted octanol–water partition coefficient (Wildman–Crippen LogP) is 2.09. The van der Waals surface area contributed by atoms with Gasteiger partial charge in [-0.3, -0.25) is 4.79 Å². The number of hydrogen-bond acceptors (Lipinski definition) is 2. The second kappa shape index (κ2) is 5.89. The van der Waals surface area contributed by atoms with Crippen molar-refractivity contribution in [2.24, 2.45) is 0 Å². The molecule has 18 heavy (non-hydrogen) atoms. The minimum Gasteiger partial charge on any atom is -0.343 e. The zero-order chi connectivity index (χ0) is 13.1. The summed E-state index contributed by atoms with van der Waals surface area (Å²) in [6.07, 6.45) is 4.04. The smallest absolute Gasteiger partial charge is 0.270 e. The van der Waals surface area contributed by atoms with Crippen molar-refractivity contribution >= 4 is 21.8 Å². The lowest BCUT2D eigenvalue weighted by Gasteiger charge is -2.31. The largest absolute Gasteiger partial charge is 0.343 e. The van der Waals surface area contributed by atoms with Crippen molar-refractivity contribution in [2.45, 2.75) is 32.4 Å². The third kappa shape index (κ3) is 2.78. The summed E-state index contributed by atoms with van der Waals surface area (Å²) in [5.41, 5.74) is 0.769. The van der Waals surface area contributed by atoms with Crippen LogP contribution in [0.4, 0.5) is 0 Å². The van der Waals surface area contributed by atoms with Gasteiger partial charge in [-0.1, -0.05) is 0 Å². The third-order valence-corrected chi connectivity index (χ3v) is 4.03. The van der Waals surface area contributed by atoms with E-state index in [1.807, 2.05) is 35.7 Å². The first-order valence-electron chi connectivity index (χ1n) is 6.47. The van der Waals surface area contributed by atoms with Crippen LogP contribution in [-0.4, -0.2) is 41.6 Å².